The number of carboxylic acid groups (broad SMARTS) is 1. The van der Waals surface area contributed by atoms with Crippen LogP contribution in [0.2, 0.25) is 0 Å². The number of anilines is 2. The van der Waals surface area contributed by atoms with Crippen LogP contribution in [0.4, 0.5) is 11.4 Å². The molecular weight excluding hydrogens is 324 g/mol. The standard InChI is InChI=1S/C18H18N2O5/c21-16(9-10-18(23)24)19-13-5-4-6-14(11-13)20-17(22)12-25-15-7-2-1-3-8-15/h1-8,11H,9-10,12H2,(H,19,21)(H,20,22)(H,23,24). The Morgan fingerprint density at radius 3 is 2.12 bits per heavy atom. The number of rotatable bonds is 8. The Balaban J connectivity index is 1.84. The van der Waals surface area contributed by atoms with Crippen molar-refractivity contribution < 1.29 is 24.2 Å². The molecule has 3 N–H and O–H groups in total. The minimum atomic E-state index is -1.03. The monoisotopic (exact) mass is 342 g/mol. The molecule has 2 rings (SSSR count). The fourth-order valence-corrected chi connectivity index (χ4v) is 1.98. The number of nitrogens with one attached hydrogen (secondary N) is 2. The summed E-state index contributed by atoms with van der Waals surface area (Å²) in [6.07, 6.45) is -0.351. The lowest BCUT2D eigenvalue weighted by atomic mass is 10.2. The highest BCUT2D eigenvalue weighted by molar-refractivity contribution is 5.95. The molecule has 2 amide bonds. The number of hydrogen-bond acceptors (Lipinski definition) is 4. The summed E-state index contributed by atoms with van der Waals surface area (Å²) in [6, 6.07) is 15.5. The summed E-state index contributed by atoms with van der Waals surface area (Å²) >= 11 is 0. The maximum Gasteiger partial charge on any atom is 0.303 e. The van der Waals surface area contributed by atoms with E-state index in [1.54, 1.807) is 36.4 Å². The van der Waals surface area contributed by atoms with Crippen molar-refractivity contribution >= 4 is 29.2 Å². The molecule has 0 atom stereocenters. The van der Waals surface area contributed by atoms with Gasteiger partial charge in [0.1, 0.15) is 5.75 Å². The van der Waals surface area contributed by atoms with Gasteiger partial charge in [-0.2, -0.15) is 0 Å². The van der Waals surface area contributed by atoms with E-state index in [4.69, 9.17) is 9.84 Å². The van der Waals surface area contributed by atoms with E-state index in [0.29, 0.717) is 17.1 Å². The average Bonchev–Trinajstić information content (AvgIpc) is 2.59. The number of hydrogen-bond donors (Lipinski definition) is 3. The molecule has 2 aromatic carbocycles. The summed E-state index contributed by atoms with van der Waals surface area (Å²) in [4.78, 5) is 34.0. The van der Waals surface area contributed by atoms with Crippen LogP contribution in [0.1, 0.15) is 12.8 Å². The molecule has 0 aliphatic heterocycles. The highest BCUT2D eigenvalue weighted by Gasteiger charge is 2.08. The molecule has 7 nitrogen and oxygen atoms in total. The van der Waals surface area contributed by atoms with E-state index in [2.05, 4.69) is 10.6 Å². The molecular formula is C18H18N2O5. The summed E-state index contributed by atoms with van der Waals surface area (Å²) in [5.41, 5.74) is 0.967. The van der Waals surface area contributed by atoms with Crippen LogP contribution in [0.15, 0.2) is 54.6 Å². The van der Waals surface area contributed by atoms with Gasteiger partial charge in [0.15, 0.2) is 6.61 Å². The number of ether oxygens (including phenoxy) is 1. The fourth-order valence-electron chi connectivity index (χ4n) is 1.98. The van der Waals surface area contributed by atoms with Gasteiger partial charge < -0.3 is 20.5 Å². The molecule has 0 saturated heterocycles. The molecule has 0 radical (unpaired) electrons. The highest BCUT2D eigenvalue weighted by atomic mass is 16.5. The zero-order valence-electron chi connectivity index (χ0n) is 13.4. The van der Waals surface area contributed by atoms with Gasteiger partial charge in [0.25, 0.3) is 5.91 Å². The van der Waals surface area contributed by atoms with Crippen molar-refractivity contribution in [2.75, 3.05) is 17.2 Å². The van der Waals surface area contributed by atoms with Gasteiger partial charge in [-0.3, -0.25) is 14.4 Å². The molecule has 130 valence electrons. The van der Waals surface area contributed by atoms with Gasteiger partial charge in [-0.25, -0.2) is 0 Å². The predicted molar refractivity (Wildman–Crippen MR) is 92.5 cm³/mol. The van der Waals surface area contributed by atoms with E-state index >= 15 is 0 Å². The van der Waals surface area contributed by atoms with Crippen molar-refractivity contribution in [2.24, 2.45) is 0 Å². The van der Waals surface area contributed by atoms with Crippen molar-refractivity contribution in [1.82, 2.24) is 0 Å². The van der Waals surface area contributed by atoms with Gasteiger partial charge in [-0.05, 0) is 30.3 Å². The van der Waals surface area contributed by atoms with Crippen molar-refractivity contribution in [2.45, 2.75) is 12.8 Å². The summed E-state index contributed by atoms with van der Waals surface area (Å²) in [7, 11) is 0. The lowest BCUT2D eigenvalue weighted by molar-refractivity contribution is -0.138. The van der Waals surface area contributed by atoms with Crippen LogP contribution in [-0.4, -0.2) is 29.5 Å². The SMILES string of the molecule is O=C(O)CCC(=O)Nc1cccc(NC(=O)COc2ccccc2)c1. The van der Waals surface area contributed by atoms with E-state index in [-0.39, 0.29) is 25.4 Å². The number of carbonyl (C=O) groups excluding carboxylic acids is 2. The third-order valence-corrected chi connectivity index (χ3v) is 3.11. The number of benzene rings is 2. The predicted octanol–water partition coefficient (Wildman–Crippen LogP) is 2.51. The number of carboxylic acids is 1. The topological polar surface area (TPSA) is 105 Å². The third-order valence-electron chi connectivity index (χ3n) is 3.11. The van der Waals surface area contributed by atoms with Gasteiger partial charge in [-0.15, -0.1) is 0 Å². The Morgan fingerprint density at radius 2 is 1.48 bits per heavy atom. The van der Waals surface area contributed by atoms with Gasteiger partial charge in [-0.1, -0.05) is 24.3 Å². The summed E-state index contributed by atoms with van der Waals surface area (Å²) < 4.78 is 5.35. The number of aliphatic carboxylic acids is 1. The van der Waals surface area contributed by atoms with Gasteiger partial charge in [0, 0.05) is 17.8 Å². The van der Waals surface area contributed by atoms with Crippen LogP contribution < -0.4 is 15.4 Å². The second-order valence-corrected chi connectivity index (χ2v) is 5.17. The van der Waals surface area contributed by atoms with Crippen LogP contribution in [0.3, 0.4) is 0 Å². The quantitative estimate of drug-likeness (QED) is 0.684. The summed E-state index contributed by atoms with van der Waals surface area (Å²) in [6.45, 7) is -0.140. The van der Waals surface area contributed by atoms with E-state index in [1.807, 2.05) is 18.2 Å². The number of para-hydroxylation sites is 1. The smallest absolute Gasteiger partial charge is 0.303 e. The minimum Gasteiger partial charge on any atom is -0.484 e. The molecule has 0 aliphatic carbocycles. The van der Waals surface area contributed by atoms with Crippen molar-refractivity contribution in [3.05, 3.63) is 54.6 Å². The molecule has 0 fully saturated rings. The fraction of sp³-hybridized carbons (Fsp3) is 0.167. The molecule has 0 heterocycles. The third kappa shape index (κ3) is 6.74. The van der Waals surface area contributed by atoms with Crippen molar-refractivity contribution in [1.29, 1.82) is 0 Å². The Labute approximate surface area is 144 Å². The molecule has 0 spiro atoms. The molecule has 7 heteroatoms. The van der Waals surface area contributed by atoms with Crippen LogP contribution in [0.25, 0.3) is 0 Å². The highest BCUT2D eigenvalue weighted by Crippen LogP contribution is 2.16. The zero-order chi connectivity index (χ0) is 18.1. The largest absolute Gasteiger partial charge is 0.484 e. The second kappa shape index (κ2) is 9.07. The van der Waals surface area contributed by atoms with E-state index < -0.39 is 11.9 Å². The first kappa shape index (κ1) is 18.0. The van der Waals surface area contributed by atoms with Gasteiger partial charge in [0.05, 0.1) is 6.42 Å². The second-order valence-electron chi connectivity index (χ2n) is 5.17. The Bertz CT molecular complexity index is 746. The lowest BCUT2D eigenvalue weighted by Crippen LogP contribution is -2.20. The van der Waals surface area contributed by atoms with Crippen LogP contribution in [0.5, 0.6) is 5.75 Å². The maximum atomic E-state index is 11.9. The molecule has 25 heavy (non-hydrogen) atoms. The van der Waals surface area contributed by atoms with Crippen LogP contribution in [0, 0.1) is 0 Å². The van der Waals surface area contributed by atoms with E-state index in [9.17, 15) is 14.4 Å². The van der Waals surface area contributed by atoms with Crippen molar-refractivity contribution in [3.63, 3.8) is 0 Å². The molecule has 0 aliphatic rings. The van der Waals surface area contributed by atoms with E-state index in [1.165, 1.54) is 0 Å². The lowest BCUT2D eigenvalue weighted by Gasteiger charge is -2.09. The van der Waals surface area contributed by atoms with Crippen molar-refractivity contribution in [3.8, 4) is 5.75 Å². The average molecular weight is 342 g/mol. The molecule has 0 unspecified atom stereocenters. The van der Waals surface area contributed by atoms with Gasteiger partial charge in [0.2, 0.25) is 5.91 Å². The van der Waals surface area contributed by atoms with Gasteiger partial charge >= 0.3 is 5.97 Å². The Morgan fingerprint density at radius 1 is 0.840 bits per heavy atom. The van der Waals surface area contributed by atoms with Crippen LogP contribution >= 0.6 is 0 Å². The first-order valence-corrected chi connectivity index (χ1v) is 7.62. The molecule has 0 saturated carbocycles. The number of carbonyl (C=O) groups is 3. The molecule has 0 bridgehead atoms. The summed E-state index contributed by atoms with van der Waals surface area (Å²) in [5.74, 6) is -1.18. The van der Waals surface area contributed by atoms with Crippen LogP contribution in [-0.2, 0) is 14.4 Å². The first-order valence-electron chi connectivity index (χ1n) is 7.62. The van der Waals surface area contributed by atoms with E-state index in [0.717, 1.165) is 0 Å². The minimum absolute atomic E-state index is 0.114. The normalized spacial score (nSPS) is 9.92. The Kier molecular flexibility index (Phi) is 6.53. The first-order chi connectivity index (χ1) is 12.0. The Hall–Kier alpha value is -3.35. The molecule has 0 aromatic heterocycles. The zero-order valence-corrected chi connectivity index (χ0v) is 13.4. The number of amides is 2. The maximum absolute atomic E-state index is 11.9. The summed E-state index contributed by atoms with van der Waals surface area (Å²) in [5, 5.41) is 13.8. The molecule has 2 aromatic rings.